The van der Waals surface area contributed by atoms with Crippen molar-refractivity contribution in [3.05, 3.63) is 71.9 Å². The SMILES string of the molecule is CNC(=O)c1ccc(CNc2cccc3cccnc23)cc1. The van der Waals surface area contributed by atoms with Gasteiger partial charge in [0.25, 0.3) is 5.91 Å². The van der Waals surface area contributed by atoms with Gasteiger partial charge < -0.3 is 10.6 Å². The maximum Gasteiger partial charge on any atom is 0.251 e. The molecule has 4 nitrogen and oxygen atoms in total. The van der Waals surface area contributed by atoms with Gasteiger partial charge in [-0.15, -0.1) is 0 Å². The van der Waals surface area contributed by atoms with E-state index in [4.69, 9.17) is 0 Å². The minimum Gasteiger partial charge on any atom is -0.379 e. The number of benzene rings is 2. The molecule has 0 atom stereocenters. The molecule has 0 spiro atoms. The topological polar surface area (TPSA) is 54.0 Å². The van der Waals surface area contributed by atoms with Gasteiger partial charge in [0.1, 0.15) is 0 Å². The number of nitrogens with one attached hydrogen (secondary N) is 2. The Labute approximate surface area is 129 Å². The molecular formula is C18H17N3O. The fourth-order valence-corrected chi connectivity index (χ4v) is 2.36. The van der Waals surface area contributed by atoms with Crippen LogP contribution in [0.4, 0.5) is 5.69 Å². The Bertz CT molecular complexity index is 792. The lowest BCUT2D eigenvalue weighted by Crippen LogP contribution is -2.17. The minimum atomic E-state index is -0.0715. The van der Waals surface area contributed by atoms with Crippen molar-refractivity contribution in [1.29, 1.82) is 0 Å². The molecule has 0 saturated carbocycles. The van der Waals surface area contributed by atoms with Crippen molar-refractivity contribution < 1.29 is 4.79 Å². The third kappa shape index (κ3) is 2.91. The monoisotopic (exact) mass is 291 g/mol. The van der Waals surface area contributed by atoms with Crippen LogP contribution in [0.2, 0.25) is 0 Å². The van der Waals surface area contributed by atoms with Crippen molar-refractivity contribution in [2.45, 2.75) is 6.54 Å². The largest absolute Gasteiger partial charge is 0.379 e. The number of nitrogens with zero attached hydrogens (tertiary/aromatic N) is 1. The first-order valence-electron chi connectivity index (χ1n) is 7.16. The summed E-state index contributed by atoms with van der Waals surface area (Å²) in [7, 11) is 1.63. The number of amides is 1. The van der Waals surface area contributed by atoms with Crippen LogP contribution < -0.4 is 10.6 Å². The molecule has 1 heterocycles. The fourth-order valence-electron chi connectivity index (χ4n) is 2.36. The van der Waals surface area contributed by atoms with Crippen LogP contribution in [0.3, 0.4) is 0 Å². The highest BCUT2D eigenvalue weighted by atomic mass is 16.1. The Kier molecular flexibility index (Phi) is 4.01. The molecule has 0 unspecified atom stereocenters. The van der Waals surface area contributed by atoms with Crippen molar-refractivity contribution in [2.24, 2.45) is 0 Å². The van der Waals surface area contributed by atoms with Crippen LogP contribution in [-0.2, 0) is 6.54 Å². The Morgan fingerprint density at radius 3 is 2.59 bits per heavy atom. The zero-order valence-corrected chi connectivity index (χ0v) is 12.3. The molecule has 2 aromatic carbocycles. The number of hydrogen-bond acceptors (Lipinski definition) is 3. The smallest absolute Gasteiger partial charge is 0.251 e. The molecule has 110 valence electrons. The summed E-state index contributed by atoms with van der Waals surface area (Å²) < 4.78 is 0. The maximum atomic E-state index is 11.5. The Hall–Kier alpha value is -2.88. The first kappa shape index (κ1) is 14.1. The summed E-state index contributed by atoms with van der Waals surface area (Å²) in [5.74, 6) is -0.0715. The van der Waals surface area contributed by atoms with Gasteiger partial charge in [0.05, 0.1) is 11.2 Å². The van der Waals surface area contributed by atoms with E-state index >= 15 is 0 Å². The molecular weight excluding hydrogens is 274 g/mol. The van der Waals surface area contributed by atoms with E-state index in [2.05, 4.69) is 15.6 Å². The molecule has 1 amide bonds. The van der Waals surface area contributed by atoms with Gasteiger partial charge in [0.15, 0.2) is 0 Å². The lowest BCUT2D eigenvalue weighted by atomic mass is 10.1. The predicted molar refractivity (Wildman–Crippen MR) is 88.9 cm³/mol. The minimum absolute atomic E-state index is 0.0715. The Morgan fingerprint density at radius 1 is 1.05 bits per heavy atom. The Balaban J connectivity index is 1.75. The van der Waals surface area contributed by atoms with E-state index in [9.17, 15) is 4.79 Å². The Morgan fingerprint density at radius 2 is 1.82 bits per heavy atom. The summed E-state index contributed by atoms with van der Waals surface area (Å²) in [4.78, 5) is 15.9. The van der Waals surface area contributed by atoms with E-state index in [0.717, 1.165) is 22.2 Å². The third-order valence-corrected chi connectivity index (χ3v) is 3.56. The number of aromatic nitrogens is 1. The van der Waals surface area contributed by atoms with E-state index in [-0.39, 0.29) is 5.91 Å². The van der Waals surface area contributed by atoms with E-state index < -0.39 is 0 Å². The summed E-state index contributed by atoms with van der Waals surface area (Å²) in [5, 5.41) is 7.13. The van der Waals surface area contributed by atoms with Gasteiger partial charge in [-0.3, -0.25) is 9.78 Å². The predicted octanol–water partition coefficient (Wildman–Crippen LogP) is 3.21. The maximum absolute atomic E-state index is 11.5. The molecule has 22 heavy (non-hydrogen) atoms. The van der Waals surface area contributed by atoms with Crippen LogP contribution in [0.5, 0.6) is 0 Å². The number of para-hydroxylation sites is 1. The summed E-state index contributed by atoms with van der Waals surface area (Å²) in [6.07, 6.45) is 1.80. The molecule has 4 heteroatoms. The number of pyridine rings is 1. The number of hydrogen-bond donors (Lipinski definition) is 2. The number of carbonyl (C=O) groups excluding carboxylic acids is 1. The molecule has 0 aliphatic rings. The second-order valence-corrected chi connectivity index (χ2v) is 5.01. The lowest BCUT2D eigenvalue weighted by molar-refractivity contribution is 0.0963. The van der Waals surface area contributed by atoms with Gasteiger partial charge in [0, 0.05) is 30.7 Å². The van der Waals surface area contributed by atoms with Crippen LogP contribution in [0.25, 0.3) is 10.9 Å². The van der Waals surface area contributed by atoms with E-state index in [1.807, 2.05) is 54.6 Å². The van der Waals surface area contributed by atoms with Crippen molar-refractivity contribution >= 4 is 22.5 Å². The standard InChI is InChI=1S/C18H17N3O/c1-19-18(22)15-9-7-13(8-10-15)12-21-16-6-2-4-14-5-3-11-20-17(14)16/h2-11,21H,12H2,1H3,(H,19,22). The zero-order chi connectivity index (χ0) is 15.4. The summed E-state index contributed by atoms with van der Waals surface area (Å²) >= 11 is 0. The van der Waals surface area contributed by atoms with Crippen LogP contribution in [0.15, 0.2) is 60.8 Å². The molecule has 0 fully saturated rings. The number of carbonyl (C=O) groups is 1. The molecule has 0 aliphatic heterocycles. The molecule has 0 saturated heterocycles. The quantitative estimate of drug-likeness (QED) is 0.776. The second kappa shape index (κ2) is 6.26. The number of fused-ring (bicyclic) bond motifs is 1. The van der Waals surface area contributed by atoms with E-state index in [1.54, 1.807) is 13.2 Å². The highest BCUT2D eigenvalue weighted by Gasteiger charge is 2.04. The third-order valence-electron chi connectivity index (χ3n) is 3.56. The van der Waals surface area contributed by atoms with Gasteiger partial charge >= 0.3 is 0 Å². The molecule has 0 bridgehead atoms. The summed E-state index contributed by atoms with van der Waals surface area (Å²) in [6.45, 7) is 0.684. The van der Waals surface area contributed by atoms with Crippen LogP contribution in [0.1, 0.15) is 15.9 Å². The average Bonchev–Trinajstić information content (AvgIpc) is 2.59. The molecule has 3 rings (SSSR count). The number of rotatable bonds is 4. The van der Waals surface area contributed by atoms with Crippen molar-refractivity contribution in [3.63, 3.8) is 0 Å². The van der Waals surface area contributed by atoms with Crippen molar-refractivity contribution in [1.82, 2.24) is 10.3 Å². The van der Waals surface area contributed by atoms with Gasteiger partial charge in [-0.25, -0.2) is 0 Å². The van der Waals surface area contributed by atoms with Gasteiger partial charge in [-0.05, 0) is 29.8 Å². The first-order chi connectivity index (χ1) is 10.8. The molecule has 0 aliphatic carbocycles. The molecule has 1 aromatic heterocycles. The number of anilines is 1. The normalized spacial score (nSPS) is 10.4. The summed E-state index contributed by atoms with van der Waals surface area (Å²) in [5.41, 5.74) is 3.75. The fraction of sp³-hybridized carbons (Fsp3) is 0.111. The van der Waals surface area contributed by atoms with Crippen LogP contribution >= 0.6 is 0 Å². The van der Waals surface area contributed by atoms with Gasteiger partial charge in [-0.1, -0.05) is 30.3 Å². The first-order valence-corrected chi connectivity index (χ1v) is 7.16. The van der Waals surface area contributed by atoms with Crippen molar-refractivity contribution in [3.8, 4) is 0 Å². The second-order valence-electron chi connectivity index (χ2n) is 5.01. The highest BCUT2D eigenvalue weighted by Crippen LogP contribution is 2.21. The van der Waals surface area contributed by atoms with E-state index in [0.29, 0.717) is 12.1 Å². The average molecular weight is 291 g/mol. The molecule has 0 radical (unpaired) electrons. The highest BCUT2D eigenvalue weighted by molar-refractivity contribution is 5.94. The van der Waals surface area contributed by atoms with Gasteiger partial charge in [0.2, 0.25) is 0 Å². The lowest BCUT2D eigenvalue weighted by Gasteiger charge is -2.09. The van der Waals surface area contributed by atoms with Crippen LogP contribution in [-0.4, -0.2) is 17.9 Å². The zero-order valence-electron chi connectivity index (χ0n) is 12.3. The van der Waals surface area contributed by atoms with E-state index in [1.165, 1.54) is 0 Å². The van der Waals surface area contributed by atoms with Crippen LogP contribution in [0, 0.1) is 0 Å². The molecule has 2 N–H and O–H groups in total. The van der Waals surface area contributed by atoms with Crippen molar-refractivity contribution in [2.75, 3.05) is 12.4 Å². The molecule has 3 aromatic rings. The van der Waals surface area contributed by atoms with Gasteiger partial charge in [-0.2, -0.15) is 0 Å². The summed E-state index contributed by atoms with van der Waals surface area (Å²) in [6, 6.07) is 17.6.